The molecule has 0 radical (unpaired) electrons. The molecular weight excluding hydrogens is 525 g/mol. The summed E-state index contributed by atoms with van der Waals surface area (Å²) < 4.78 is 35.4. The zero-order valence-electron chi connectivity index (χ0n) is 23.5. The summed E-state index contributed by atoms with van der Waals surface area (Å²) in [6.45, 7) is 7.28. The highest BCUT2D eigenvalue weighted by Crippen LogP contribution is 2.49. The zero-order valence-corrected chi connectivity index (χ0v) is 23.5. The standard InChI is InChI=1S/C32H36FN3O5/c1-21-6-10-26(27(33)18-21)32(2)40-28-5-3-4-25(31(28)41-32)22-12-14-35(15-13-22)20-29-34-19-23(7-11-30(37)38)36(29)16-17-39-24-8-9-24/h3-7,10-11,18-19,22,24H,8-9,12-17,20H2,1-2H3,(H,37,38)/b11-7+. The molecule has 0 amide bonds. The molecule has 0 spiro atoms. The van der Waals surface area contributed by atoms with Crippen molar-refractivity contribution in [1.82, 2.24) is 14.5 Å². The van der Waals surface area contributed by atoms with E-state index in [1.807, 2.05) is 25.1 Å². The lowest BCUT2D eigenvalue weighted by Crippen LogP contribution is -2.34. The minimum Gasteiger partial charge on any atom is -0.478 e. The van der Waals surface area contributed by atoms with Crippen molar-refractivity contribution in [2.24, 2.45) is 0 Å². The van der Waals surface area contributed by atoms with Crippen LogP contribution in [0.15, 0.2) is 48.7 Å². The van der Waals surface area contributed by atoms with Crippen LogP contribution in [-0.4, -0.2) is 51.3 Å². The number of para-hydroxylation sites is 1. The number of fused-ring (bicyclic) bond motifs is 1. The number of aromatic nitrogens is 2. The molecule has 0 bridgehead atoms. The Morgan fingerprint density at radius 3 is 2.73 bits per heavy atom. The van der Waals surface area contributed by atoms with Gasteiger partial charge >= 0.3 is 5.97 Å². The molecule has 1 atom stereocenters. The van der Waals surface area contributed by atoms with E-state index in [1.54, 1.807) is 25.3 Å². The third-order valence-electron chi connectivity index (χ3n) is 8.18. The third-order valence-corrected chi connectivity index (χ3v) is 8.18. The number of piperidine rings is 1. The van der Waals surface area contributed by atoms with E-state index >= 15 is 0 Å². The smallest absolute Gasteiger partial charge is 0.328 e. The van der Waals surface area contributed by atoms with Gasteiger partial charge in [0, 0.05) is 25.1 Å². The van der Waals surface area contributed by atoms with Gasteiger partial charge in [-0.3, -0.25) is 4.90 Å². The maximum absolute atomic E-state index is 14.9. The Balaban J connectivity index is 1.12. The predicted molar refractivity (Wildman–Crippen MR) is 151 cm³/mol. The van der Waals surface area contributed by atoms with Gasteiger partial charge in [-0.2, -0.15) is 0 Å². The lowest BCUT2D eigenvalue weighted by Gasteiger charge is -2.32. The maximum Gasteiger partial charge on any atom is 0.328 e. The van der Waals surface area contributed by atoms with E-state index in [2.05, 4.69) is 20.5 Å². The van der Waals surface area contributed by atoms with Gasteiger partial charge in [-0.15, -0.1) is 0 Å². The van der Waals surface area contributed by atoms with Crippen LogP contribution in [0.5, 0.6) is 11.5 Å². The van der Waals surface area contributed by atoms with E-state index in [4.69, 9.17) is 19.3 Å². The number of carboxylic acids is 1. The van der Waals surface area contributed by atoms with Crippen LogP contribution in [0.4, 0.5) is 4.39 Å². The van der Waals surface area contributed by atoms with Crippen LogP contribution >= 0.6 is 0 Å². The van der Waals surface area contributed by atoms with Gasteiger partial charge in [0.1, 0.15) is 11.6 Å². The fourth-order valence-corrected chi connectivity index (χ4v) is 5.82. The molecule has 1 saturated carbocycles. The van der Waals surface area contributed by atoms with E-state index in [9.17, 15) is 9.18 Å². The van der Waals surface area contributed by atoms with E-state index in [-0.39, 0.29) is 11.7 Å². The number of halogens is 1. The van der Waals surface area contributed by atoms with Gasteiger partial charge in [-0.05, 0) is 81.5 Å². The minimum absolute atomic E-state index is 0.288. The molecule has 2 aromatic carbocycles. The first-order chi connectivity index (χ1) is 19.8. The molecule has 1 aliphatic carbocycles. The third kappa shape index (κ3) is 6.01. The van der Waals surface area contributed by atoms with Crippen LogP contribution in [0.1, 0.15) is 66.7 Å². The Labute approximate surface area is 239 Å². The number of likely N-dealkylation sites (tertiary alicyclic amines) is 1. The van der Waals surface area contributed by atoms with E-state index in [0.717, 1.165) is 67.5 Å². The summed E-state index contributed by atoms with van der Waals surface area (Å²) in [5, 5.41) is 9.09. The lowest BCUT2D eigenvalue weighted by molar-refractivity contribution is -0.131. The molecule has 3 aromatic rings. The molecule has 8 nitrogen and oxygen atoms in total. The summed E-state index contributed by atoms with van der Waals surface area (Å²) in [5.74, 6) is -0.00335. The molecule has 6 rings (SSSR count). The predicted octanol–water partition coefficient (Wildman–Crippen LogP) is 5.63. The number of carbonyl (C=O) groups is 1. The Morgan fingerprint density at radius 1 is 1.20 bits per heavy atom. The summed E-state index contributed by atoms with van der Waals surface area (Å²) in [5.41, 5.74) is 3.09. The zero-order chi connectivity index (χ0) is 28.6. The number of hydrogen-bond donors (Lipinski definition) is 1. The SMILES string of the molecule is Cc1ccc(C2(C)Oc3cccc(C4CCN(Cc5ncc(/C=C/C(=O)O)n5CCOC5CC5)CC4)c3O2)c(F)c1. The maximum atomic E-state index is 14.9. The van der Waals surface area contributed by atoms with Crippen molar-refractivity contribution in [3.05, 3.63) is 82.7 Å². The van der Waals surface area contributed by atoms with Crippen LogP contribution in [0.25, 0.3) is 6.08 Å². The molecule has 1 unspecified atom stereocenters. The van der Waals surface area contributed by atoms with Crippen LogP contribution in [0, 0.1) is 12.7 Å². The van der Waals surface area contributed by atoms with Crippen molar-refractivity contribution in [3.63, 3.8) is 0 Å². The van der Waals surface area contributed by atoms with E-state index in [0.29, 0.717) is 42.9 Å². The summed E-state index contributed by atoms with van der Waals surface area (Å²) in [4.78, 5) is 18.1. The van der Waals surface area contributed by atoms with Crippen molar-refractivity contribution in [2.75, 3.05) is 19.7 Å². The van der Waals surface area contributed by atoms with Gasteiger partial charge in [0.2, 0.25) is 0 Å². The second-order valence-electron chi connectivity index (χ2n) is 11.4. The van der Waals surface area contributed by atoms with Crippen molar-refractivity contribution >= 4 is 12.0 Å². The lowest BCUT2D eigenvalue weighted by atomic mass is 9.88. The van der Waals surface area contributed by atoms with Crippen molar-refractivity contribution < 1.29 is 28.5 Å². The van der Waals surface area contributed by atoms with Crippen LogP contribution < -0.4 is 9.47 Å². The summed E-state index contributed by atoms with van der Waals surface area (Å²) in [6, 6.07) is 11.1. The molecule has 41 heavy (non-hydrogen) atoms. The molecule has 1 aromatic heterocycles. The largest absolute Gasteiger partial charge is 0.478 e. The normalized spacial score (nSPS) is 21.1. The van der Waals surface area contributed by atoms with Crippen LogP contribution in [0.3, 0.4) is 0 Å². The second kappa shape index (κ2) is 11.3. The molecule has 2 fully saturated rings. The number of aliphatic carboxylic acids is 1. The summed E-state index contributed by atoms with van der Waals surface area (Å²) in [7, 11) is 0. The highest BCUT2D eigenvalue weighted by molar-refractivity contribution is 5.84. The molecule has 1 N–H and O–H groups in total. The van der Waals surface area contributed by atoms with Gasteiger partial charge in [-0.1, -0.05) is 18.2 Å². The van der Waals surface area contributed by atoms with E-state index < -0.39 is 11.8 Å². The number of ether oxygens (including phenoxy) is 3. The van der Waals surface area contributed by atoms with E-state index in [1.165, 1.54) is 6.07 Å². The number of nitrogens with zero attached hydrogens (tertiary/aromatic N) is 3. The summed E-state index contributed by atoms with van der Waals surface area (Å²) >= 11 is 0. The van der Waals surface area contributed by atoms with Crippen molar-refractivity contribution in [3.8, 4) is 11.5 Å². The molecule has 2 aliphatic heterocycles. The number of hydrogen-bond acceptors (Lipinski definition) is 6. The van der Waals surface area contributed by atoms with Gasteiger partial charge in [-0.25, -0.2) is 14.2 Å². The summed E-state index contributed by atoms with van der Waals surface area (Å²) in [6.07, 6.45) is 8.93. The first kappa shape index (κ1) is 27.5. The average Bonchev–Trinajstić information content (AvgIpc) is 3.59. The van der Waals surface area contributed by atoms with Crippen LogP contribution in [-0.2, 0) is 28.4 Å². The molecule has 9 heteroatoms. The molecular formula is C32H36FN3O5. The number of aryl methyl sites for hydroxylation is 1. The first-order valence-corrected chi connectivity index (χ1v) is 14.4. The van der Waals surface area contributed by atoms with Gasteiger partial charge < -0.3 is 23.9 Å². The van der Waals surface area contributed by atoms with Gasteiger partial charge in [0.05, 0.1) is 36.7 Å². The topological polar surface area (TPSA) is 86.1 Å². The van der Waals surface area contributed by atoms with Crippen molar-refractivity contribution in [2.45, 2.75) is 70.4 Å². The average molecular weight is 562 g/mol. The van der Waals surface area contributed by atoms with Gasteiger partial charge in [0.15, 0.2) is 11.5 Å². The molecule has 1 saturated heterocycles. The first-order valence-electron chi connectivity index (χ1n) is 14.4. The highest BCUT2D eigenvalue weighted by atomic mass is 19.1. The molecule has 216 valence electrons. The van der Waals surface area contributed by atoms with Crippen LogP contribution in [0.2, 0.25) is 0 Å². The molecule has 3 heterocycles. The Bertz CT molecular complexity index is 1460. The number of imidazole rings is 1. The Kier molecular flexibility index (Phi) is 7.57. The van der Waals surface area contributed by atoms with Crippen molar-refractivity contribution in [1.29, 1.82) is 0 Å². The second-order valence-corrected chi connectivity index (χ2v) is 11.4. The quantitative estimate of drug-likeness (QED) is 0.321. The number of rotatable bonds is 10. The minimum atomic E-state index is -1.22. The Morgan fingerprint density at radius 2 is 2.00 bits per heavy atom. The fourth-order valence-electron chi connectivity index (χ4n) is 5.82. The number of benzene rings is 2. The number of carboxylic acid groups (broad SMARTS) is 1. The molecule has 3 aliphatic rings. The Hall–Kier alpha value is -3.69. The fraction of sp³-hybridized carbons (Fsp3) is 0.438. The highest BCUT2D eigenvalue weighted by Gasteiger charge is 2.42. The monoisotopic (exact) mass is 561 g/mol. The van der Waals surface area contributed by atoms with Gasteiger partial charge in [0.25, 0.3) is 5.79 Å².